The van der Waals surface area contributed by atoms with E-state index >= 15 is 0 Å². The number of amides is 1. The minimum absolute atomic E-state index is 0.00570. The maximum absolute atomic E-state index is 12.5. The second-order valence-electron chi connectivity index (χ2n) is 6.66. The molecule has 2 N–H and O–H groups in total. The van der Waals surface area contributed by atoms with Gasteiger partial charge in [0.2, 0.25) is 0 Å². The minimum Gasteiger partial charge on any atom is -0.321 e. The van der Waals surface area contributed by atoms with Crippen molar-refractivity contribution in [3.63, 3.8) is 0 Å². The molecule has 0 spiro atoms. The molecule has 0 unspecified atom stereocenters. The number of anilines is 2. The molecule has 0 aromatic heterocycles. The number of hydrogen-bond acceptors (Lipinski definition) is 5. The average molecular weight is 425 g/mol. The van der Waals surface area contributed by atoms with Crippen LogP contribution >= 0.6 is 0 Å². The summed E-state index contributed by atoms with van der Waals surface area (Å²) < 4.78 is 27.5. The van der Waals surface area contributed by atoms with E-state index in [1.165, 1.54) is 36.4 Å². The molecule has 0 saturated carbocycles. The Bertz CT molecular complexity index is 1200. The Kier molecular flexibility index (Phi) is 5.84. The fourth-order valence-corrected chi connectivity index (χ4v) is 3.83. The fraction of sp³-hybridized carbons (Fsp3) is 0.0952. The van der Waals surface area contributed by atoms with Gasteiger partial charge in [0.05, 0.1) is 21.1 Å². The maximum Gasteiger partial charge on any atom is 0.274 e. The van der Waals surface area contributed by atoms with Gasteiger partial charge in [0, 0.05) is 17.3 Å². The van der Waals surface area contributed by atoms with Crippen LogP contribution in [0.3, 0.4) is 0 Å². The van der Waals surface area contributed by atoms with Crippen molar-refractivity contribution in [2.75, 3.05) is 10.0 Å². The smallest absolute Gasteiger partial charge is 0.274 e. The second kappa shape index (κ2) is 8.34. The summed E-state index contributed by atoms with van der Waals surface area (Å²) in [4.78, 5) is 23.0. The van der Waals surface area contributed by atoms with E-state index in [0.717, 1.165) is 5.56 Å². The van der Waals surface area contributed by atoms with Crippen LogP contribution in [0.2, 0.25) is 0 Å². The summed E-state index contributed by atoms with van der Waals surface area (Å²) in [7, 11) is -3.81. The molecular formula is C21H19N3O5S. The van der Waals surface area contributed by atoms with Crippen LogP contribution in [-0.2, 0) is 10.0 Å². The van der Waals surface area contributed by atoms with Crippen molar-refractivity contribution in [1.29, 1.82) is 0 Å². The van der Waals surface area contributed by atoms with Crippen LogP contribution in [0, 0.1) is 24.0 Å². The van der Waals surface area contributed by atoms with Gasteiger partial charge in [-0.1, -0.05) is 23.8 Å². The highest BCUT2D eigenvalue weighted by molar-refractivity contribution is 7.92. The van der Waals surface area contributed by atoms with Crippen LogP contribution in [0.4, 0.5) is 17.1 Å². The number of hydrogen-bond donors (Lipinski definition) is 2. The number of nitrogens with one attached hydrogen (secondary N) is 2. The van der Waals surface area contributed by atoms with Crippen LogP contribution in [0.1, 0.15) is 21.5 Å². The quantitative estimate of drug-likeness (QED) is 0.452. The zero-order valence-electron chi connectivity index (χ0n) is 16.2. The lowest BCUT2D eigenvalue weighted by Gasteiger charge is -2.10. The molecule has 0 radical (unpaired) electrons. The predicted molar refractivity (Wildman–Crippen MR) is 114 cm³/mol. The van der Waals surface area contributed by atoms with Crippen molar-refractivity contribution in [3.05, 3.63) is 93.5 Å². The Labute approximate surface area is 173 Å². The monoisotopic (exact) mass is 425 g/mol. The van der Waals surface area contributed by atoms with E-state index in [0.29, 0.717) is 16.9 Å². The zero-order valence-corrected chi connectivity index (χ0v) is 17.1. The molecule has 0 aliphatic carbocycles. The number of carbonyl (C=O) groups is 1. The van der Waals surface area contributed by atoms with Crippen molar-refractivity contribution in [2.24, 2.45) is 0 Å². The summed E-state index contributed by atoms with van der Waals surface area (Å²) in [6.07, 6.45) is 0. The molecule has 0 atom stereocenters. The summed E-state index contributed by atoms with van der Waals surface area (Å²) in [5.74, 6) is -0.506. The van der Waals surface area contributed by atoms with E-state index in [9.17, 15) is 23.3 Å². The molecule has 3 aromatic rings. The van der Waals surface area contributed by atoms with Gasteiger partial charge in [-0.05, 0) is 56.3 Å². The number of rotatable bonds is 6. The van der Waals surface area contributed by atoms with Gasteiger partial charge < -0.3 is 5.32 Å². The molecule has 0 fully saturated rings. The molecule has 154 valence electrons. The fourth-order valence-electron chi connectivity index (χ4n) is 2.77. The number of aryl methyl sites for hydroxylation is 1. The van der Waals surface area contributed by atoms with E-state index in [1.807, 2.05) is 6.92 Å². The maximum atomic E-state index is 12.5. The topological polar surface area (TPSA) is 118 Å². The molecule has 8 nitrogen and oxygen atoms in total. The number of carbonyl (C=O) groups excluding carboxylic acids is 1. The van der Waals surface area contributed by atoms with Crippen molar-refractivity contribution >= 4 is 33.0 Å². The van der Waals surface area contributed by atoms with Crippen LogP contribution in [0.25, 0.3) is 0 Å². The van der Waals surface area contributed by atoms with Crippen LogP contribution in [0.15, 0.2) is 71.6 Å². The molecule has 1 amide bonds. The van der Waals surface area contributed by atoms with E-state index in [2.05, 4.69) is 10.0 Å². The van der Waals surface area contributed by atoms with Gasteiger partial charge in [0.25, 0.3) is 21.6 Å². The SMILES string of the molecule is Cc1ccc(NS(=O)(=O)c2ccc(C(=O)Nc3cccc([N+](=O)[O-])c3C)cc2)cc1. The molecule has 0 aliphatic rings. The Morgan fingerprint density at radius 1 is 0.933 bits per heavy atom. The van der Waals surface area contributed by atoms with Crippen LogP contribution in [0.5, 0.6) is 0 Å². The standard InChI is InChI=1S/C21H19N3O5S/c1-14-6-10-17(11-7-14)23-30(28,29)18-12-8-16(9-13-18)21(25)22-19-4-3-5-20(15(19)2)24(26)27/h3-13,23H,1-2H3,(H,22,25). The number of nitro benzene ring substituents is 1. The average Bonchev–Trinajstić information content (AvgIpc) is 2.71. The highest BCUT2D eigenvalue weighted by atomic mass is 32.2. The van der Waals surface area contributed by atoms with Gasteiger partial charge in [0.15, 0.2) is 0 Å². The lowest BCUT2D eigenvalue weighted by atomic mass is 10.1. The number of nitro groups is 1. The van der Waals surface area contributed by atoms with E-state index in [4.69, 9.17) is 0 Å². The molecule has 9 heteroatoms. The summed E-state index contributed by atoms with van der Waals surface area (Å²) in [5, 5.41) is 13.7. The third-order valence-corrected chi connectivity index (χ3v) is 5.88. The lowest BCUT2D eigenvalue weighted by Crippen LogP contribution is -2.15. The number of benzene rings is 3. The highest BCUT2D eigenvalue weighted by Crippen LogP contribution is 2.25. The molecular weight excluding hydrogens is 406 g/mol. The van der Waals surface area contributed by atoms with Gasteiger partial charge in [-0.2, -0.15) is 0 Å². The predicted octanol–water partition coefficient (Wildman–Crippen LogP) is 4.26. The normalized spacial score (nSPS) is 11.0. The summed E-state index contributed by atoms with van der Waals surface area (Å²) >= 11 is 0. The first-order valence-corrected chi connectivity index (χ1v) is 10.4. The van der Waals surface area contributed by atoms with Gasteiger partial charge in [-0.25, -0.2) is 8.42 Å². The van der Waals surface area contributed by atoms with Crippen molar-refractivity contribution in [3.8, 4) is 0 Å². The van der Waals surface area contributed by atoms with Crippen molar-refractivity contribution in [1.82, 2.24) is 0 Å². The van der Waals surface area contributed by atoms with Gasteiger partial charge in [-0.15, -0.1) is 0 Å². The summed E-state index contributed by atoms with van der Waals surface area (Å²) in [6, 6.07) is 16.7. The first-order chi connectivity index (χ1) is 14.2. The van der Waals surface area contributed by atoms with Crippen molar-refractivity contribution < 1.29 is 18.1 Å². The lowest BCUT2D eigenvalue weighted by molar-refractivity contribution is -0.385. The molecule has 0 bridgehead atoms. The Balaban J connectivity index is 1.76. The van der Waals surface area contributed by atoms with E-state index in [-0.39, 0.29) is 16.1 Å². The summed E-state index contributed by atoms with van der Waals surface area (Å²) in [5.41, 5.74) is 2.20. The van der Waals surface area contributed by atoms with E-state index in [1.54, 1.807) is 37.3 Å². The van der Waals surface area contributed by atoms with Gasteiger partial charge in [-0.3, -0.25) is 19.6 Å². The Morgan fingerprint density at radius 2 is 1.57 bits per heavy atom. The molecule has 0 heterocycles. The third kappa shape index (κ3) is 4.64. The molecule has 0 aliphatic heterocycles. The number of sulfonamides is 1. The van der Waals surface area contributed by atoms with Crippen LogP contribution < -0.4 is 10.0 Å². The van der Waals surface area contributed by atoms with Gasteiger partial charge in [0.1, 0.15) is 0 Å². The third-order valence-electron chi connectivity index (χ3n) is 4.48. The van der Waals surface area contributed by atoms with E-state index < -0.39 is 20.9 Å². The molecule has 0 saturated heterocycles. The Morgan fingerprint density at radius 3 is 2.17 bits per heavy atom. The first-order valence-electron chi connectivity index (χ1n) is 8.92. The Hall–Kier alpha value is -3.72. The van der Waals surface area contributed by atoms with Crippen molar-refractivity contribution in [2.45, 2.75) is 18.7 Å². The largest absolute Gasteiger partial charge is 0.321 e. The van der Waals surface area contributed by atoms with Crippen LogP contribution in [-0.4, -0.2) is 19.2 Å². The minimum atomic E-state index is -3.81. The summed E-state index contributed by atoms with van der Waals surface area (Å²) in [6.45, 7) is 3.44. The highest BCUT2D eigenvalue weighted by Gasteiger charge is 2.17. The van der Waals surface area contributed by atoms with Gasteiger partial charge >= 0.3 is 0 Å². The number of nitrogens with zero attached hydrogens (tertiary/aromatic N) is 1. The first kappa shape index (κ1) is 21.0. The molecule has 3 rings (SSSR count). The zero-order chi connectivity index (χ0) is 21.9. The molecule has 3 aromatic carbocycles. The molecule has 30 heavy (non-hydrogen) atoms. The second-order valence-corrected chi connectivity index (χ2v) is 8.34.